The van der Waals surface area contributed by atoms with Gasteiger partial charge in [-0.05, 0) is 32.6 Å². The predicted octanol–water partition coefficient (Wildman–Crippen LogP) is 1.42. The van der Waals surface area contributed by atoms with E-state index >= 15 is 0 Å². The summed E-state index contributed by atoms with van der Waals surface area (Å²) in [5.74, 6) is 0.193. The van der Waals surface area contributed by atoms with Crippen molar-refractivity contribution in [3.8, 4) is 0 Å². The van der Waals surface area contributed by atoms with Crippen LogP contribution in [0.25, 0.3) is 0 Å². The van der Waals surface area contributed by atoms with Crippen molar-refractivity contribution in [2.75, 3.05) is 49.2 Å². The number of hydrogen-bond donors (Lipinski definition) is 1. The van der Waals surface area contributed by atoms with Crippen LogP contribution in [-0.2, 0) is 14.3 Å². The zero-order valence-electron chi connectivity index (χ0n) is 15.3. The molecule has 0 spiro atoms. The molecule has 1 N–H and O–H groups in total. The molecule has 9 heteroatoms. The summed E-state index contributed by atoms with van der Waals surface area (Å²) in [6.45, 7) is 6.24. The van der Waals surface area contributed by atoms with Gasteiger partial charge >= 0.3 is 0 Å². The Morgan fingerprint density at radius 2 is 2.15 bits per heavy atom. The first kappa shape index (κ1) is 19.0. The highest BCUT2D eigenvalue weighted by molar-refractivity contribution is 7.19. The fraction of sp³-hybridized carbons (Fsp3) is 0.765. The van der Waals surface area contributed by atoms with Crippen LogP contribution in [0, 0.1) is 5.92 Å². The van der Waals surface area contributed by atoms with Crippen molar-refractivity contribution in [1.29, 1.82) is 0 Å². The van der Waals surface area contributed by atoms with Crippen molar-refractivity contribution in [1.82, 2.24) is 15.5 Å². The lowest BCUT2D eigenvalue weighted by Crippen LogP contribution is -2.43. The van der Waals surface area contributed by atoms with Gasteiger partial charge in [0.1, 0.15) is 0 Å². The first-order chi connectivity index (χ1) is 12.7. The van der Waals surface area contributed by atoms with Crippen molar-refractivity contribution in [2.24, 2.45) is 5.92 Å². The molecule has 1 aromatic heterocycles. The van der Waals surface area contributed by atoms with E-state index < -0.39 is 0 Å². The molecule has 2 aliphatic rings. The minimum absolute atomic E-state index is 0.0309. The molecule has 0 bridgehead atoms. The standard InChI is InChI=1S/C17H27N5O3S/c1-2-25-11-5-8-18-15(24)13-6-3-9-21(12-13)16-19-20-17(26-16)22-10-4-7-14(22)23/h13H,2-12H2,1H3,(H,18,24). The van der Waals surface area contributed by atoms with Crippen molar-refractivity contribution in [3.63, 3.8) is 0 Å². The summed E-state index contributed by atoms with van der Waals surface area (Å²) in [5, 5.41) is 12.9. The maximum absolute atomic E-state index is 12.4. The summed E-state index contributed by atoms with van der Waals surface area (Å²) in [6, 6.07) is 0. The van der Waals surface area contributed by atoms with Gasteiger partial charge in [0.2, 0.25) is 22.1 Å². The number of carbonyl (C=O) groups excluding carboxylic acids is 2. The van der Waals surface area contributed by atoms with E-state index in [2.05, 4.69) is 20.4 Å². The average molecular weight is 382 g/mol. The van der Waals surface area contributed by atoms with E-state index in [1.165, 1.54) is 11.3 Å². The van der Waals surface area contributed by atoms with Crippen LogP contribution in [0.1, 0.15) is 39.0 Å². The quantitative estimate of drug-likeness (QED) is 0.686. The molecule has 1 unspecified atom stereocenters. The maximum atomic E-state index is 12.4. The first-order valence-corrected chi connectivity index (χ1v) is 10.2. The van der Waals surface area contributed by atoms with Gasteiger partial charge in [-0.15, -0.1) is 10.2 Å². The average Bonchev–Trinajstić information content (AvgIpc) is 3.30. The van der Waals surface area contributed by atoms with E-state index in [9.17, 15) is 9.59 Å². The predicted molar refractivity (Wildman–Crippen MR) is 101 cm³/mol. The van der Waals surface area contributed by atoms with Gasteiger partial charge in [-0.3, -0.25) is 14.5 Å². The van der Waals surface area contributed by atoms with E-state index in [1.807, 2.05) is 6.92 Å². The Hall–Kier alpha value is -1.74. The van der Waals surface area contributed by atoms with Gasteiger partial charge in [0, 0.05) is 45.8 Å². The molecule has 26 heavy (non-hydrogen) atoms. The molecule has 3 heterocycles. The van der Waals surface area contributed by atoms with Gasteiger partial charge in [-0.1, -0.05) is 11.3 Å². The second kappa shape index (κ2) is 9.27. The summed E-state index contributed by atoms with van der Waals surface area (Å²) in [5.41, 5.74) is 0. The van der Waals surface area contributed by atoms with E-state index in [1.54, 1.807) is 4.90 Å². The van der Waals surface area contributed by atoms with Gasteiger partial charge in [0.15, 0.2) is 0 Å². The maximum Gasteiger partial charge on any atom is 0.228 e. The van der Waals surface area contributed by atoms with Crippen LogP contribution in [0.4, 0.5) is 10.3 Å². The number of ether oxygens (including phenoxy) is 1. The lowest BCUT2D eigenvalue weighted by molar-refractivity contribution is -0.125. The third kappa shape index (κ3) is 4.70. The van der Waals surface area contributed by atoms with Crippen LogP contribution >= 0.6 is 11.3 Å². The van der Waals surface area contributed by atoms with E-state index in [0.29, 0.717) is 37.9 Å². The van der Waals surface area contributed by atoms with Crippen molar-refractivity contribution in [2.45, 2.75) is 39.0 Å². The smallest absolute Gasteiger partial charge is 0.228 e. The Morgan fingerprint density at radius 3 is 2.92 bits per heavy atom. The lowest BCUT2D eigenvalue weighted by Gasteiger charge is -2.31. The second-order valence-electron chi connectivity index (χ2n) is 6.64. The van der Waals surface area contributed by atoms with Crippen LogP contribution in [0.5, 0.6) is 0 Å². The molecule has 0 radical (unpaired) electrons. The Bertz CT molecular complexity index is 623. The highest BCUT2D eigenvalue weighted by Crippen LogP contribution is 2.32. The fourth-order valence-electron chi connectivity index (χ4n) is 3.33. The van der Waals surface area contributed by atoms with Crippen molar-refractivity contribution in [3.05, 3.63) is 0 Å². The van der Waals surface area contributed by atoms with Gasteiger partial charge in [-0.25, -0.2) is 0 Å². The summed E-state index contributed by atoms with van der Waals surface area (Å²) in [6.07, 6.45) is 4.14. The molecule has 2 saturated heterocycles. The summed E-state index contributed by atoms with van der Waals surface area (Å²) in [4.78, 5) is 28.1. The number of carbonyl (C=O) groups is 2. The summed E-state index contributed by atoms with van der Waals surface area (Å²) in [7, 11) is 0. The first-order valence-electron chi connectivity index (χ1n) is 9.43. The zero-order valence-corrected chi connectivity index (χ0v) is 16.1. The van der Waals surface area contributed by atoms with E-state index in [-0.39, 0.29) is 17.7 Å². The highest BCUT2D eigenvalue weighted by Gasteiger charge is 2.29. The molecule has 3 rings (SSSR count). The van der Waals surface area contributed by atoms with Crippen LogP contribution in [0.15, 0.2) is 0 Å². The van der Waals surface area contributed by atoms with Crippen molar-refractivity contribution >= 4 is 33.4 Å². The third-order valence-electron chi connectivity index (χ3n) is 4.74. The number of hydrogen-bond acceptors (Lipinski definition) is 7. The van der Waals surface area contributed by atoms with Crippen LogP contribution < -0.4 is 15.1 Å². The van der Waals surface area contributed by atoms with Gasteiger partial charge in [0.25, 0.3) is 0 Å². The Balaban J connectivity index is 1.51. The lowest BCUT2D eigenvalue weighted by atomic mass is 9.97. The number of nitrogens with one attached hydrogen (secondary N) is 1. The molecule has 2 aliphatic heterocycles. The highest BCUT2D eigenvalue weighted by atomic mass is 32.1. The zero-order chi connectivity index (χ0) is 18.4. The molecule has 8 nitrogen and oxygen atoms in total. The van der Waals surface area contributed by atoms with E-state index in [4.69, 9.17) is 4.74 Å². The minimum atomic E-state index is -0.0309. The van der Waals surface area contributed by atoms with Gasteiger partial charge < -0.3 is 15.0 Å². The van der Waals surface area contributed by atoms with E-state index in [0.717, 1.165) is 43.9 Å². The summed E-state index contributed by atoms with van der Waals surface area (Å²) < 4.78 is 5.29. The van der Waals surface area contributed by atoms with Crippen LogP contribution in [-0.4, -0.2) is 61.4 Å². The molecule has 0 aliphatic carbocycles. The summed E-state index contributed by atoms with van der Waals surface area (Å²) >= 11 is 1.44. The Morgan fingerprint density at radius 1 is 1.31 bits per heavy atom. The number of piperidine rings is 1. The Kier molecular flexibility index (Phi) is 6.79. The monoisotopic (exact) mass is 381 g/mol. The van der Waals surface area contributed by atoms with Crippen LogP contribution in [0.2, 0.25) is 0 Å². The SMILES string of the molecule is CCOCCCNC(=O)C1CCCN(c2nnc(N3CCCC3=O)s2)C1. The largest absolute Gasteiger partial charge is 0.382 e. The van der Waals surface area contributed by atoms with Gasteiger partial charge in [-0.2, -0.15) is 0 Å². The fourth-order valence-corrected chi connectivity index (χ4v) is 4.26. The molecule has 144 valence electrons. The number of anilines is 2. The molecule has 2 fully saturated rings. The minimum Gasteiger partial charge on any atom is -0.382 e. The number of nitrogens with zero attached hydrogens (tertiary/aromatic N) is 4. The molecule has 1 aromatic rings. The number of rotatable bonds is 8. The molecular weight excluding hydrogens is 354 g/mol. The number of aromatic nitrogens is 2. The van der Waals surface area contributed by atoms with Crippen molar-refractivity contribution < 1.29 is 14.3 Å². The second-order valence-corrected chi connectivity index (χ2v) is 7.58. The topological polar surface area (TPSA) is 87.7 Å². The molecule has 2 amide bonds. The van der Waals surface area contributed by atoms with Gasteiger partial charge in [0.05, 0.1) is 5.92 Å². The number of amides is 2. The molecule has 0 saturated carbocycles. The normalized spacial score (nSPS) is 20.7. The molecular formula is C17H27N5O3S. The Labute approximate surface area is 157 Å². The molecule has 0 aromatic carbocycles. The third-order valence-corrected chi connectivity index (χ3v) is 5.75. The molecule has 1 atom stereocenters. The van der Waals surface area contributed by atoms with Crippen LogP contribution in [0.3, 0.4) is 0 Å².